The second kappa shape index (κ2) is 7.31. The number of carbonyl (C=O) groups excluding carboxylic acids is 1. The fourth-order valence-electron chi connectivity index (χ4n) is 3.77. The highest BCUT2D eigenvalue weighted by Gasteiger charge is 2.53. The molecular formula is C21H22FN7O2. The molecule has 5 rings (SSSR count). The molecular weight excluding hydrogens is 401 g/mol. The Hall–Kier alpha value is -3.53. The van der Waals surface area contributed by atoms with Gasteiger partial charge in [-0.2, -0.15) is 10.1 Å². The number of likely N-dealkylation sites (N-methyl/N-ethyl adjacent to an activating group) is 1. The topological polar surface area (TPSA) is 97.2 Å². The summed E-state index contributed by atoms with van der Waals surface area (Å²) in [6, 6.07) is 6.37. The van der Waals surface area contributed by atoms with Crippen LogP contribution >= 0.6 is 0 Å². The standard InChI is InChI=1S/C21H22FN7O2/c1-13-17-18(28(2)21(11-31-12-21)19(30)26-17)27-20(25-13)23-7-15-8-24-29(10-15)9-14-3-5-16(22)6-4-14/h3-6,8,10H,7,9,11-12H2,1-2H3,(H,26,30)(H,23,25,27). The molecule has 4 heterocycles. The molecule has 0 unspecified atom stereocenters. The number of amides is 1. The Morgan fingerprint density at radius 1 is 1.23 bits per heavy atom. The highest BCUT2D eigenvalue weighted by molar-refractivity contribution is 6.07. The Balaban J connectivity index is 1.29. The molecule has 0 bridgehead atoms. The number of aryl methyl sites for hydroxylation is 1. The van der Waals surface area contributed by atoms with Crippen molar-refractivity contribution in [3.05, 3.63) is 59.3 Å². The molecule has 1 saturated heterocycles. The molecule has 0 aliphatic carbocycles. The van der Waals surface area contributed by atoms with Crippen molar-refractivity contribution >= 4 is 23.4 Å². The largest absolute Gasteiger partial charge is 0.375 e. The number of anilines is 3. The molecule has 2 N–H and O–H groups in total. The predicted molar refractivity (Wildman–Crippen MR) is 112 cm³/mol. The van der Waals surface area contributed by atoms with Gasteiger partial charge in [-0.25, -0.2) is 9.37 Å². The van der Waals surface area contributed by atoms with Crippen molar-refractivity contribution in [2.45, 2.75) is 25.6 Å². The van der Waals surface area contributed by atoms with E-state index < -0.39 is 5.54 Å². The van der Waals surface area contributed by atoms with E-state index in [1.54, 1.807) is 23.0 Å². The van der Waals surface area contributed by atoms with Gasteiger partial charge in [-0.05, 0) is 24.6 Å². The lowest BCUT2D eigenvalue weighted by molar-refractivity contribution is -0.138. The van der Waals surface area contributed by atoms with Crippen LogP contribution in [0.3, 0.4) is 0 Å². The first-order valence-electron chi connectivity index (χ1n) is 9.96. The lowest BCUT2D eigenvalue weighted by Gasteiger charge is -2.49. The number of halogens is 1. The Kier molecular flexibility index (Phi) is 4.58. The normalized spacial score (nSPS) is 16.6. The van der Waals surface area contributed by atoms with Crippen molar-refractivity contribution < 1.29 is 13.9 Å². The van der Waals surface area contributed by atoms with Gasteiger partial charge in [0.25, 0.3) is 5.91 Å². The van der Waals surface area contributed by atoms with Crippen LogP contribution in [0.2, 0.25) is 0 Å². The number of nitrogens with one attached hydrogen (secondary N) is 2. The van der Waals surface area contributed by atoms with E-state index in [1.165, 1.54) is 12.1 Å². The Morgan fingerprint density at radius 2 is 2.00 bits per heavy atom. The molecule has 1 fully saturated rings. The minimum atomic E-state index is -0.702. The third-order valence-corrected chi connectivity index (χ3v) is 5.77. The van der Waals surface area contributed by atoms with E-state index in [0.29, 0.717) is 49.5 Å². The summed E-state index contributed by atoms with van der Waals surface area (Å²) < 4.78 is 20.2. The summed E-state index contributed by atoms with van der Waals surface area (Å²) >= 11 is 0. The van der Waals surface area contributed by atoms with Crippen molar-refractivity contribution in [2.24, 2.45) is 0 Å². The third kappa shape index (κ3) is 3.38. The molecule has 1 amide bonds. The zero-order valence-corrected chi connectivity index (χ0v) is 17.2. The summed E-state index contributed by atoms with van der Waals surface area (Å²) in [6.07, 6.45) is 3.70. The summed E-state index contributed by atoms with van der Waals surface area (Å²) in [7, 11) is 1.86. The Labute approximate surface area is 178 Å². The van der Waals surface area contributed by atoms with E-state index in [1.807, 2.05) is 25.1 Å². The third-order valence-electron chi connectivity index (χ3n) is 5.77. The average molecular weight is 423 g/mol. The molecule has 0 atom stereocenters. The molecule has 2 aliphatic rings. The maximum Gasteiger partial charge on any atom is 0.255 e. The van der Waals surface area contributed by atoms with Gasteiger partial charge in [-0.3, -0.25) is 9.48 Å². The number of ether oxygens (including phenoxy) is 1. The quantitative estimate of drug-likeness (QED) is 0.647. The number of rotatable bonds is 5. The molecule has 1 spiro atoms. The zero-order chi connectivity index (χ0) is 21.6. The van der Waals surface area contributed by atoms with Crippen LogP contribution in [0.25, 0.3) is 0 Å². The number of hydrogen-bond acceptors (Lipinski definition) is 7. The number of carbonyl (C=O) groups is 1. The van der Waals surface area contributed by atoms with Gasteiger partial charge < -0.3 is 20.3 Å². The van der Waals surface area contributed by atoms with Crippen LogP contribution in [-0.4, -0.2) is 51.5 Å². The number of benzene rings is 1. The van der Waals surface area contributed by atoms with E-state index in [2.05, 4.69) is 25.7 Å². The summed E-state index contributed by atoms with van der Waals surface area (Å²) in [5.41, 5.74) is 2.55. The first-order chi connectivity index (χ1) is 14.9. The molecule has 1 aromatic carbocycles. The van der Waals surface area contributed by atoms with Gasteiger partial charge in [-0.15, -0.1) is 0 Å². The van der Waals surface area contributed by atoms with Gasteiger partial charge in [0.2, 0.25) is 5.95 Å². The molecule has 0 radical (unpaired) electrons. The molecule has 2 aromatic heterocycles. The smallest absolute Gasteiger partial charge is 0.255 e. The molecule has 9 nitrogen and oxygen atoms in total. The van der Waals surface area contributed by atoms with E-state index in [-0.39, 0.29) is 11.7 Å². The molecule has 0 saturated carbocycles. The van der Waals surface area contributed by atoms with Crippen molar-refractivity contribution in [3.63, 3.8) is 0 Å². The minimum Gasteiger partial charge on any atom is -0.375 e. The second-order valence-electron chi connectivity index (χ2n) is 7.89. The Morgan fingerprint density at radius 3 is 2.71 bits per heavy atom. The van der Waals surface area contributed by atoms with Gasteiger partial charge in [0.15, 0.2) is 11.4 Å². The number of hydrogen-bond donors (Lipinski definition) is 2. The van der Waals surface area contributed by atoms with Gasteiger partial charge >= 0.3 is 0 Å². The maximum atomic E-state index is 13.1. The van der Waals surface area contributed by atoms with Gasteiger partial charge in [0, 0.05) is 25.4 Å². The van der Waals surface area contributed by atoms with E-state index in [9.17, 15) is 9.18 Å². The lowest BCUT2D eigenvalue weighted by atomic mass is 9.91. The van der Waals surface area contributed by atoms with E-state index >= 15 is 0 Å². The van der Waals surface area contributed by atoms with E-state index in [4.69, 9.17) is 4.74 Å². The molecule has 2 aliphatic heterocycles. The van der Waals surface area contributed by atoms with Crippen LogP contribution < -0.4 is 15.5 Å². The summed E-state index contributed by atoms with van der Waals surface area (Å²) in [5.74, 6) is 0.802. The Bertz CT molecular complexity index is 1140. The van der Waals surface area contributed by atoms with Crippen LogP contribution in [0.1, 0.15) is 16.8 Å². The number of aromatic nitrogens is 4. The predicted octanol–water partition coefficient (Wildman–Crippen LogP) is 1.94. The highest BCUT2D eigenvalue weighted by Crippen LogP contribution is 2.39. The van der Waals surface area contributed by atoms with Gasteiger partial charge in [0.1, 0.15) is 11.5 Å². The van der Waals surface area contributed by atoms with Crippen molar-refractivity contribution in [1.29, 1.82) is 0 Å². The van der Waals surface area contributed by atoms with E-state index in [0.717, 1.165) is 11.1 Å². The second-order valence-corrected chi connectivity index (χ2v) is 7.89. The SMILES string of the molecule is Cc1nc(NCc2cnn(Cc3ccc(F)cc3)c2)nc2c1NC(=O)C1(COC1)N2C. The summed E-state index contributed by atoms with van der Waals surface area (Å²) in [6.45, 7) is 3.58. The summed E-state index contributed by atoms with van der Waals surface area (Å²) in [5, 5.41) is 10.5. The maximum absolute atomic E-state index is 13.1. The van der Waals surface area contributed by atoms with Crippen LogP contribution in [-0.2, 0) is 22.6 Å². The van der Waals surface area contributed by atoms with Gasteiger partial charge in [-0.1, -0.05) is 12.1 Å². The van der Waals surface area contributed by atoms with Crippen LogP contribution in [0.5, 0.6) is 0 Å². The average Bonchev–Trinajstić information content (AvgIpc) is 3.15. The zero-order valence-electron chi connectivity index (χ0n) is 17.2. The van der Waals surface area contributed by atoms with Crippen LogP contribution in [0, 0.1) is 12.7 Å². The minimum absolute atomic E-state index is 0.0882. The molecule has 31 heavy (non-hydrogen) atoms. The number of fused-ring (bicyclic) bond motifs is 1. The van der Waals surface area contributed by atoms with Crippen LogP contribution in [0.15, 0.2) is 36.7 Å². The van der Waals surface area contributed by atoms with Crippen LogP contribution in [0.4, 0.5) is 21.8 Å². The van der Waals surface area contributed by atoms with Crippen molar-refractivity contribution in [2.75, 3.05) is 35.8 Å². The fourth-order valence-corrected chi connectivity index (χ4v) is 3.77. The molecule has 3 aromatic rings. The molecule has 160 valence electrons. The number of nitrogens with zero attached hydrogens (tertiary/aromatic N) is 5. The summed E-state index contributed by atoms with van der Waals surface area (Å²) in [4.78, 5) is 23.5. The lowest BCUT2D eigenvalue weighted by Crippen LogP contribution is -2.70. The first kappa shape index (κ1) is 19.4. The highest BCUT2D eigenvalue weighted by atomic mass is 19.1. The fraction of sp³-hybridized carbons (Fsp3) is 0.333. The van der Waals surface area contributed by atoms with Gasteiger partial charge in [0.05, 0.1) is 31.6 Å². The first-order valence-corrected chi connectivity index (χ1v) is 9.96. The monoisotopic (exact) mass is 423 g/mol. The molecule has 10 heteroatoms. The van der Waals surface area contributed by atoms with Crippen molar-refractivity contribution in [1.82, 2.24) is 19.7 Å². The van der Waals surface area contributed by atoms with Crippen molar-refractivity contribution in [3.8, 4) is 0 Å².